The molecule has 0 amide bonds. The minimum Gasteiger partial charge on any atom is -0.348 e. The molecule has 0 saturated heterocycles. The van der Waals surface area contributed by atoms with Gasteiger partial charge in [-0.15, -0.1) is 0 Å². The van der Waals surface area contributed by atoms with Gasteiger partial charge < -0.3 is 9.88 Å². The predicted octanol–water partition coefficient (Wildman–Crippen LogP) is 3.74. The number of nitrogens with one attached hydrogen (secondary N) is 1. The summed E-state index contributed by atoms with van der Waals surface area (Å²) in [5, 5.41) is 4.73. The summed E-state index contributed by atoms with van der Waals surface area (Å²) in [5.41, 5.74) is 5.05. The van der Waals surface area contributed by atoms with Crippen LogP contribution in [-0.2, 0) is 11.8 Å². The number of aromatic amines is 1. The molecule has 0 saturated carbocycles. The SMILES string of the molecule is Cc1ccc(F)c2cc([C@H]3c4nc[nH]c4CCN3c3ncc(C(C)(C)C)cn3)nn12. The van der Waals surface area contributed by atoms with E-state index < -0.39 is 0 Å². The zero-order valence-corrected chi connectivity index (χ0v) is 17.5. The van der Waals surface area contributed by atoms with Crippen LogP contribution in [0.4, 0.5) is 10.3 Å². The zero-order chi connectivity index (χ0) is 21.0. The van der Waals surface area contributed by atoms with Crippen LogP contribution in [0.1, 0.15) is 55.2 Å². The highest BCUT2D eigenvalue weighted by atomic mass is 19.1. The second kappa shape index (κ2) is 6.62. The van der Waals surface area contributed by atoms with E-state index in [1.165, 1.54) is 6.07 Å². The molecule has 1 aliphatic heterocycles. The van der Waals surface area contributed by atoms with E-state index in [0.717, 1.165) is 34.8 Å². The van der Waals surface area contributed by atoms with Gasteiger partial charge in [-0.05, 0) is 36.1 Å². The summed E-state index contributed by atoms with van der Waals surface area (Å²) in [6.07, 6.45) is 6.27. The van der Waals surface area contributed by atoms with Crippen molar-refractivity contribution in [3.63, 3.8) is 0 Å². The largest absolute Gasteiger partial charge is 0.348 e. The predicted molar refractivity (Wildman–Crippen MR) is 112 cm³/mol. The third-order valence-corrected chi connectivity index (χ3v) is 5.74. The molecule has 1 atom stereocenters. The Labute approximate surface area is 174 Å². The van der Waals surface area contributed by atoms with Gasteiger partial charge in [-0.1, -0.05) is 20.8 Å². The lowest BCUT2D eigenvalue weighted by Gasteiger charge is -2.34. The fourth-order valence-electron chi connectivity index (χ4n) is 3.97. The van der Waals surface area contributed by atoms with Gasteiger partial charge in [0.2, 0.25) is 5.95 Å². The molecule has 0 radical (unpaired) electrons. The number of hydrogen-bond donors (Lipinski definition) is 1. The molecular weight excluding hydrogens is 381 g/mol. The van der Waals surface area contributed by atoms with Gasteiger partial charge >= 0.3 is 0 Å². The maximum absolute atomic E-state index is 14.4. The van der Waals surface area contributed by atoms with Gasteiger partial charge in [0.05, 0.1) is 17.7 Å². The van der Waals surface area contributed by atoms with Crippen molar-refractivity contribution in [1.82, 2.24) is 29.5 Å². The van der Waals surface area contributed by atoms with Crippen molar-refractivity contribution in [2.24, 2.45) is 0 Å². The fraction of sp³-hybridized carbons (Fsp3) is 0.364. The monoisotopic (exact) mass is 405 g/mol. The van der Waals surface area contributed by atoms with Crippen molar-refractivity contribution in [3.8, 4) is 0 Å². The molecule has 4 aromatic rings. The van der Waals surface area contributed by atoms with Crippen LogP contribution in [0.3, 0.4) is 0 Å². The van der Waals surface area contributed by atoms with Crippen LogP contribution < -0.4 is 4.90 Å². The number of H-pyrrole nitrogens is 1. The van der Waals surface area contributed by atoms with Crippen LogP contribution in [0.15, 0.2) is 36.9 Å². The number of rotatable bonds is 2. The summed E-state index contributed by atoms with van der Waals surface area (Å²) in [6, 6.07) is 4.71. The molecule has 1 N–H and O–H groups in total. The van der Waals surface area contributed by atoms with Gasteiger partial charge in [0.15, 0.2) is 0 Å². The Morgan fingerprint density at radius 3 is 2.60 bits per heavy atom. The topological polar surface area (TPSA) is 75.0 Å². The van der Waals surface area contributed by atoms with E-state index in [1.54, 1.807) is 23.0 Å². The number of pyridine rings is 1. The number of aryl methyl sites for hydroxylation is 1. The Morgan fingerprint density at radius 1 is 1.13 bits per heavy atom. The van der Waals surface area contributed by atoms with Gasteiger partial charge in [0.25, 0.3) is 0 Å². The summed E-state index contributed by atoms with van der Waals surface area (Å²) < 4.78 is 16.1. The average Bonchev–Trinajstić information content (AvgIpc) is 3.37. The van der Waals surface area contributed by atoms with Crippen LogP contribution in [0.5, 0.6) is 0 Å². The van der Waals surface area contributed by atoms with Crippen LogP contribution in [0.25, 0.3) is 5.52 Å². The molecule has 30 heavy (non-hydrogen) atoms. The first-order chi connectivity index (χ1) is 14.3. The number of halogens is 1. The molecule has 0 unspecified atom stereocenters. The molecule has 0 spiro atoms. The lowest BCUT2D eigenvalue weighted by Crippen LogP contribution is -2.38. The second-order valence-corrected chi connectivity index (χ2v) is 8.82. The molecule has 154 valence electrons. The van der Waals surface area contributed by atoms with E-state index in [9.17, 15) is 4.39 Å². The summed E-state index contributed by atoms with van der Waals surface area (Å²) in [4.78, 5) is 19.2. The van der Waals surface area contributed by atoms with Crippen molar-refractivity contribution >= 4 is 11.5 Å². The van der Waals surface area contributed by atoms with E-state index in [0.29, 0.717) is 18.0 Å². The average molecular weight is 405 g/mol. The highest BCUT2D eigenvalue weighted by molar-refractivity contribution is 5.54. The molecule has 7 nitrogen and oxygen atoms in total. The van der Waals surface area contributed by atoms with Crippen molar-refractivity contribution in [3.05, 3.63) is 71.1 Å². The van der Waals surface area contributed by atoms with Crippen LogP contribution in [0, 0.1) is 12.7 Å². The zero-order valence-electron chi connectivity index (χ0n) is 17.5. The molecule has 5 heterocycles. The first-order valence-corrected chi connectivity index (χ1v) is 10.1. The third-order valence-electron chi connectivity index (χ3n) is 5.74. The number of hydrogen-bond acceptors (Lipinski definition) is 5. The van der Waals surface area contributed by atoms with E-state index in [4.69, 9.17) is 5.10 Å². The maximum atomic E-state index is 14.4. The van der Waals surface area contributed by atoms with Gasteiger partial charge in [-0.2, -0.15) is 5.10 Å². The molecule has 0 aromatic carbocycles. The molecule has 0 fully saturated rings. The Balaban J connectivity index is 1.63. The molecule has 4 aromatic heterocycles. The Hall–Kier alpha value is -3.29. The van der Waals surface area contributed by atoms with Crippen molar-refractivity contribution in [1.29, 1.82) is 0 Å². The van der Waals surface area contributed by atoms with E-state index in [-0.39, 0.29) is 17.3 Å². The Bertz CT molecular complexity index is 1180. The molecule has 8 heteroatoms. The van der Waals surface area contributed by atoms with Gasteiger partial charge in [0, 0.05) is 36.7 Å². The minimum absolute atomic E-state index is 0.0220. The first-order valence-electron chi connectivity index (χ1n) is 10.1. The fourth-order valence-corrected chi connectivity index (χ4v) is 3.97. The summed E-state index contributed by atoms with van der Waals surface area (Å²) in [7, 11) is 0. The van der Waals surface area contributed by atoms with Crippen molar-refractivity contribution < 1.29 is 4.39 Å². The molecule has 0 aliphatic carbocycles. The first kappa shape index (κ1) is 18.7. The maximum Gasteiger partial charge on any atom is 0.226 e. The lowest BCUT2D eigenvalue weighted by atomic mass is 9.89. The normalized spacial score (nSPS) is 16.8. The van der Waals surface area contributed by atoms with E-state index >= 15 is 0 Å². The van der Waals surface area contributed by atoms with Crippen LogP contribution in [-0.4, -0.2) is 36.1 Å². The number of aromatic nitrogens is 6. The van der Waals surface area contributed by atoms with Crippen LogP contribution >= 0.6 is 0 Å². The summed E-state index contributed by atoms with van der Waals surface area (Å²) >= 11 is 0. The number of nitrogens with zero attached hydrogens (tertiary/aromatic N) is 6. The standard InChI is InChI=1S/C22H24FN7/c1-13-5-6-15(23)18-9-17(28-30(13)18)20-19-16(26-12-27-19)7-8-29(20)21-24-10-14(11-25-21)22(2,3)4/h5-6,9-12,20H,7-8H2,1-4H3,(H,26,27)/t20-/m0/s1. The molecule has 0 bridgehead atoms. The second-order valence-electron chi connectivity index (χ2n) is 8.82. The van der Waals surface area contributed by atoms with Crippen molar-refractivity contribution in [2.45, 2.75) is 45.6 Å². The number of imidazole rings is 1. The van der Waals surface area contributed by atoms with Crippen LogP contribution in [0.2, 0.25) is 0 Å². The summed E-state index contributed by atoms with van der Waals surface area (Å²) in [6.45, 7) is 9.04. The van der Waals surface area contributed by atoms with E-state index in [2.05, 4.69) is 45.6 Å². The molecule has 5 rings (SSSR count). The lowest BCUT2D eigenvalue weighted by molar-refractivity contribution is 0.575. The quantitative estimate of drug-likeness (QED) is 0.550. The highest BCUT2D eigenvalue weighted by Crippen LogP contribution is 2.36. The molecular formula is C22H24FN7. The van der Waals surface area contributed by atoms with Crippen molar-refractivity contribution in [2.75, 3.05) is 11.4 Å². The molecule has 1 aliphatic rings. The minimum atomic E-state index is -0.297. The number of fused-ring (bicyclic) bond motifs is 2. The number of anilines is 1. The Morgan fingerprint density at radius 2 is 1.90 bits per heavy atom. The smallest absolute Gasteiger partial charge is 0.226 e. The summed E-state index contributed by atoms with van der Waals surface area (Å²) in [5.74, 6) is 0.325. The van der Waals surface area contributed by atoms with Gasteiger partial charge in [0.1, 0.15) is 17.4 Å². The highest BCUT2D eigenvalue weighted by Gasteiger charge is 2.35. The van der Waals surface area contributed by atoms with E-state index in [1.807, 2.05) is 19.3 Å². The van der Waals surface area contributed by atoms with Gasteiger partial charge in [-0.3, -0.25) is 0 Å². The van der Waals surface area contributed by atoms with Gasteiger partial charge in [-0.25, -0.2) is 23.9 Å². The third kappa shape index (κ3) is 2.94. The Kier molecular flexibility index (Phi) is 4.13.